The van der Waals surface area contributed by atoms with Gasteiger partial charge in [0.15, 0.2) is 0 Å². The number of likely N-dealkylation sites (N-methyl/N-ethyl adjacent to an activating group) is 1. The Morgan fingerprint density at radius 1 is 1.38 bits per heavy atom. The van der Waals surface area contributed by atoms with Gasteiger partial charge in [0.1, 0.15) is 5.82 Å². The number of aromatic amines is 1. The summed E-state index contributed by atoms with van der Waals surface area (Å²) in [6, 6.07) is 5.49. The Kier molecular flexibility index (Phi) is 5.78. The number of piperidine rings is 1. The zero-order valence-electron chi connectivity index (χ0n) is 15.3. The highest BCUT2D eigenvalue weighted by Crippen LogP contribution is 2.26. The van der Waals surface area contributed by atoms with Gasteiger partial charge < -0.3 is 9.88 Å². The lowest BCUT2D eigenvalue weighted by Crippen LogP contribution is -2.43. The molecule has 0 aromatic carbocycles. The molecule has 3 heterocycles. The SMILES string of the molecule is Cc1nc(C2CCN(C(=O)CN(C)Cc3cccnc3)CC2)cc(=O)[nH]1. The fourth-order valence-electron chi connectivity index (χ4n) is 3.43. The average Bonchev–Trinajstić information content (AvgIpc) is 2.61. The second kappa shape index (κ2) is 8.23. The number of carbonyl (C=O) groups excluding carboxylic acids is 1. The number of amides is 1. The number of nitrogens with one attached hydrogen (secondary N) is 1. The zero-order chi connectivity index (χ0) is 18.5. The van der Waals surface area contributed by atoms with Gasteiger partial charge in [-0.25, -0.2) is 4.98 Å². The van der Waals surface area contributed by atoms with Crippen LogP contribution in [0.1, 0.15) is 35.8 Å². The van der Waals surface area contributed by atoms with Crippen molar-refractivity contribution in [1.29, 1.82) is 0 Å². The van der Waals surface area contributed by atoms with Gasteiger partial charge in [-0.3, -0.25) is 19.5 Å². The molecule has 1 fully saturated rings. The van der Waals surface area contributed by atoms with E-state index in [-0.39, 0.29) is 17.4 Å². The molecule has 138 valence electrons. The second-order valence-corrected chi connectivity index (χ2v) is 6.94. The number of likely N-dealkylation sites (tertiary alicyclic amines) is 1. The smallest absolute Gasteiger partial charge is 0.251 e. The molecule has 1 aliphatic heterocycles. The molecule has 0 radical (unpaired) electrons. The fourth-order valence-corrected chi connectivity index (χ4v) is 3.43. The summed E-state index contributed by atoms with van der Waals surface area (Å²) in [5.74, 6) is 1.03. The molecule has 7 nitrogen and oxygen atoms in total. The topological polar surface area (TPSA) is 82.2 Å². The minimum absolute atomic E-state index is 0.108. The summed E-state index contributed by atoms with van der Waals surface area (Å²) in [7, 11) is 1.95. The third kappa shape index (κ3) is 4.76. The minimum atomic E-state index is -0.108. The third-order valence-corrected chi connectivity index (χ3v) is 4.73. The fraction of sp³-hybridized carbons (Fsp3) is 0.474. The number of carbonyl (C=O) groups is 1. The highest BCUT2D eigenvalue weighted by atomic mass is 16.2. The van der Waals surface area contributed by atoms with Crippen molar-refractivity contribution in [2.75, 3.05) is 26.7 Å². The van der Waals surface area contributed by atoms with Crippen LogP contribution in [-0.4, -0.2) is 57.3 Å². The van der Waals surface area contributed by atoms with Gasteiger partial charge in [0.05, 0.1) is 12.2 Å². The molecule has 1 N–H and O–H groups in total. The summed E-state index contributed by atoms with van der Waals surface area (Å²) < 4.78 is 0. The molecule has 7 heteroatoms. The first kappa shape index (κ1) is 18.3. The molecule has 1 saturated heterocycles. The Labute approximate surface area is 153 Å². The van der Waals surface area contributed by atoms with Gasteiger partial charge in [-0.2, -0.15) is 0 Å². The van der Waals surface area contributed by atoms with Crippen LogP contribution >= 0.6 is 0 Å². The standard InChI is InChI=1S/C19H25N5O2/c1-14-21-17(10-18(25)22-14)16-5-8-24(9-6-16)19(26)13-23(2)12-15-4-3-7-20-11-15/h3-4,7,10-11,16H,5-6,8-9,12-13H2,1-2H3,(H,21,22,25). The molecule has 0 spiro atoms. The van der Waals surface area contributed by atoms with E-state index in [1.54, 1.807) is 19.2 Å². The molecular weight excluding hydrogens is 330 g/mol. The number of pyridine rings is 1. The van der Waals surface area contributed by atoms with Gasteiger partial charge in [0, 0.05) is 44.0 Å². The number of hydrogen-bond acceptors (Lipinski definition) is 5. The normalized spacial score (nSPS) is 15.4. The number of aromatic nitrogens is 3. The Bertz CT molecular complexity index is 797. The van der Waals surface area contributed by atoms with Crippen molar-refractivity contribution in [3.63, 3.8) is 0 Å². The lowest BCUT2D eigenvalue weighted by molar-refractivity contribution is -0.133. The number of rotatable bonds is 5. The van der Waals surface area contributed by atoms with Crippen molar-refractivity contribution in [1.82, 2.24) is 24.8 Å². The largest absolute Gasteiger partial charge is 0.342 e. The van der Waals surface area contributed by atoms with E-state index in [2.05, 4.69) is 15.0 Å². The molecule has 2 aromatic rings. The van der Waals surface area contributed by atoms with Crippen LogP contribution < -0.4 is 5.56 Å². The number of hydrogen-bond donors (Lipinski definition) is 1. The van der Waals surface area contributed by atoms with Gasteiger partial charge in [0.25, 0.3) is 5.56 Å². The Hall–Kier alpha value is -2.54. The van der Waals surface area contributed by atoms with E-state index in [0.717, 1.165) is 24.1 Å². The maximum atomic E-state index is 12.5. The van der Waals surface area contributed by atoms with Crippen molar-refractivity contribution in [3.05, 3.63) is 58.0 Å². The predicted octanol–water partition coefficient (Wildman–Crippen LogP) is 1.31. The Balaban J connectivity index is 1.51. The van der Waals surface area contributed by atoms with E-state index < -0.39 is 0 Å². The van der Waals surface area contributed by atoms with E-state index in [9.17, 15) is 9.59 Å². The monoisotopic (exact) mass is 355 g/mol. The maximum absolute atomic E-state index is 12.5. The van der Waals surface area contributed by atoms with Crippen LogP contribution in [0.25, 0.3) is 0 Å². The van der Waals surface area contributed by atoms with Gasteiger partial charge in [-0.05, 0) is 38.4 Å². The first-order valence-corrected chi connectivity index (χ1v) is 8.94. The van der Waals surface area contributed by atoms with Crippen LogP contribution in [0.5, 0.6) is 0 Å². The summed E-state index contributed by atoms with van der Waals surface area (Å²) in [5, 5.41) is 0. The van der Waals surface area contributed by atoms with Crippen molar-refractivity contribution in [2.45, 2.75) is 32.2 Å². The van der Waals surface area contributed by atoms with Crippen LogP contribution in [-0.2, 0) is 11.3 Å². The van der Waals surface area contributed by atoms with Gasteiger partial charge in [-0.1, -0.05) is 6.07 Å². The summed E-state index contributed by atoms with van der Waals surface area (Å²) in [6.45, 7) is 4.30. The van der Waals surface area contributed by atoms with Crippen molar-refractivity contribution < 1.29 is 4.79 Å². The molecule has 0 saturated carbocycles. The van der Waals surface area contributed by atoms with Crippen LogP contribution in [0.2, 0.25) is 0 Å². The Morgan fingerprint density at radius 3 is 2.81 bits per heavy atom. The van der Waals surface area contributed by atoms with Crippen molar-refractivity contribution >= 4 is 5.91 Å². The van der Waals surface area contributed by atoms with E-state index >= 15 is 0 Å². The molecule has 1 amide bonds. The summed E-state index contributed by atoms with van der Waals surface area (Å²) in [4.78, 5) is 39.3. The highest BCUT2D eigenvalue weighted by molar-refractivity contribution is 5.78. The number of aryl methyl sites for hydroxylation is 1. The molecule has 26 heavy (non-hydrogen) atoms. The first-order valence-electron chi connectivity index (χ1n) is 8.94. The van der Waals surface area contributed by atoms with Crippen molar-refractivity contribution in [2.24, 2.45) is 0 Å². The zero-order valence-corrected chi connectivity index (χ0v) is 15.3. The van der Waals surface area contributed by atoms with E-state index in [1.165, 1.54) is 0 Å². The lowest BCUT2D eigenvalue weighted by atomic mass is 9.93. The molecular formula is C19H25N5O2. The molecule has 0 bridgehead atoms. The minimum Gasteiger partial charge on any atom is -0.342 e. The summed E-state index contributed by atoms with van der Waals surface area (Å²) >= 11 is 0. The Morgan fingerprint density at radius 2 is 2.15 bits per heavy atom. The van der Waals surface area contributed by atoms with Crippen LogP contribution in [0.3, 0.4) is 0 Å². The van der Waals surface area contributed by atoms with Gasteiger partial charge in [0.2, 0.25) is 5.91 Å². The van der Waals surface area contributed by atoms with E-state index in [4.69, 9.17) is 0 Å². The van der Waals surface area contributed by atoms with Crippen LogP contribution in [0, 0.1) is 6.92 Å². The van der Waals surface area contributed by atoms with Gasteiger partial charge in [-0.15, -0.1) is 0 Å². The molecule has 3 rings (SSSR count). The summed E-state index contributed by atoms with van der Waals surface area (Å²) in [5.41, 5.74) is 1.83. The molecule has 2 aromatic heterocycles. The maximum Gasteiger partial charge on any atom is 0.251 e. The van der Waals surface area contributed by atoms with Crippen molar-refractivity contribution in [3.8, 4) is 0 Å². The predicted molar refractivity (Wildman–Crippen MR) is 98.7 cm³/mol. The molecule has 0 aliphatic carbocycles. The first-order chi connectivity index (χ1) is 12.5. The van der Waals surface area contributed by atoms with Crippen LogP contribution in [0.15, 0.2) is 35.4 Å². The second-order valence-electron chi connectivity index (χ2n) is 6.94. The lowest BCUT2D eigenvalue weighted by Gasteiger charge is -2.32. The molecule has 0 unspecified atom stereocenters. The molecule has 1 aliphatic rings. The van der Waals surface area contributed by atoms with Gasteiger partial charge >= 0.3 is 0 Å². The van der Waals surface area contributed by atoms with E-state index in [0.29, 0.717) is 32.0 Å². The highest BCUT2D eigenvalue weighted by Gasteiger charge is 2.25. The van der Waals surface area contributed by atoms with Crippen LogP contribution in [0.4, 0.5) is 0 Å². The number of nitrogens with zero attached hydrogens (tertiary/aromatic N) is 4. The average molecular weight is 355 g/mol. The molecule has 0 atom stereocenters. The summed E-state index contributed by atoms with van der Waals surface area (Å²) in [6.07, 6.45) is 5.25. The number of H-pyrrole nitrogens is 1. The third-order valence-electron chi connectivity index (χ3n) is 4.73. The quantitative estimate of drug-likeness (QED) is 0.874. The van der Waals surface area contributed by atoms with E-state index in [1.807, 2.05) is 35.2 Å².